The predicted octanol–water partition coefficient (Wildman–Crippen LogP) is 4.35. The summed E-state index contributed by atoms with van der Waals surface area (Å²) in [5.41, 5.74) is 7.49. The predicted molar refractivity (Wildman–Crippen MR) is 105 cm³/mol. The van der Waals surface area contributed by atoms with Crippen LogP contribution in [0.2, 0.25) is 0 Å². The van der Waals surface area contributed by atoms with Crippen molar-refractivity contribution in [2.45, 2.75) is 18.9 Å². The van der Waals surface area contributed by atoms with Crippen molar-refractivity contribution in [1.29, 1.82) is 5.26 Å². The number of rotatable bonds is 3. The molecule has 0 saturated heterocycles. The van der Waals surface area contributed by atoms with Crippen molar-refractivity contribution in [2.24, 2.45) is 0 Å². The number of hydrogen-bond donors (Lipinski definition) is 2. The maximum absolute atomic E-state index is 9.03. The Balaban J connectivity index is 1.70. The van der Waals surface area contributed by atoms with E-state index in [-0.39, 0.29) is 6.04 Å². The Morgan fingerprint density at radius 2 is 1.96 bits per heavy atom. The van der Waals surface area contributed by atoms with Crippen LogP contribution < -0.4 is 5.32 Å². The van der Waals surface area contributed by atoms with Gasteiger partial charge in [0.05, 0.1) is 17.1 Å². The Morgan fingerprint density at radius 1 is 1.07 bits per heavy atom. The summed E-state index contributed by atoms with van der Waals surface area (Å²) in [5, 5.41) is 13.0. The molecule has 4 aromatic rings. The van der Waals surface area contributed by atoms with Crippen molar-refractivity contribution >= 4 is 11.0 Å². The molecular weight excluding hydrogens is 334 g/mol. The normalized spacial score (nSPS) is 15.4. The number of benzene rings is 2. The van der Waals surface area contributed by atoms with Gasteiger partial charge in [-0.3, -0.25) is 0 Å². The van der Waals surface area contributed by atoms with E-state index >= 15 is 0 Å². The highest BCUT2D eigenvalue weighted by molar-refractivity contribution is 6.02. The molecule has 2 aromatic carbocycles. The molecule has 2 N–H and O–H groups in total. The number of fused-ring (bicyclic) bond motifs is 2. The van der Waals surface area contributed by atoms with E-state index < -0.39 is 0 Å². The fourth-order valence-electron chi connectivity index (χ4n) is 4.00. The number of nitrogens with zero attached hydrogens (tertiary/aromatic N) is 3. The Labute approximate surface area is 156 Å². The van der Waals surface area contributed by atoms with Gasteiger partial charge in [-0.15, -0.1) is 0 Å². The summed E-state index contributed by atoms with van der Waals surface area (Å²) in [6.45, 7) is 0. The second-order valence-electron chi connectivity index (χ2n) is 6.78. The fourth-order valence-corrected chi connectivity index (χ4v) is 4.00. The van der Waals surface area contributed by atoms with Gasteiger partial charge in [-0.2, -0.15) is 5.26 Å². The summed E-state index contributed by atoms with van der Waals surface area (Å²) >= 11 is 0. The van der Waals surface area contributed by atoms with Crippen LogP contribution in [0.25, 0.3) is 33.4 Å². The first-order valence-electron chi connectivity index (χ1n) is 9.00. The third kappa shape index (κ3) is 2.54. The second-order valence-corrected chi connectivity index (χ2v) is 6.78. The lowest BCUT2D eigenvalue weighted by Crippen LogP contribution is -2.12. The van der Waals surface area contributed by atoms with Crippen LogP contribution in [0.5, 0.6) is 0 Å². The Morgan fingerprint density at radius 3 is 2.81 bits per heavy atom. The molecule has 1 atom stereocenters. The molecule has 0 saturated carbocycles. The van der Waals surface area contributed by atoms with Crippen LogP contribution in [0.3, 0.4) is 0 Å². The van der Waals surface area contributed by atoms with Crippen LogP contribution >= 0.6 is 0 Å². The van der Waals surface area contributed by atoms with Gasteiger partial charge >= 0.3 is 0 Å². The summed E-state index contributed by atoms with van der Waals surface area (Å²) in [4.78, 5) is 12.3. The molecule has 0 amide bonds. The summed E-state index contributed by atoms with van der Waals surface area (Å²) < 4.78 is 0. The first kappa shape index (κ1) is 15.6. The molecule has 5 nitrogen and oxygen atoms in total. The first-order valence-corrected chi connectivity index (χ1v) is 9.00. The smallest absolute Gasteiger partial charge is 0.177 e. The van der Waals surface area contributed by atoms with Gasteiger partial charge < -0.3 is 10.3 Å². The quantitative estimate of drug-likeness (QED) is 0.425. The van der Waals surface area contributed by atoms with Gasteiger partial charge in [0, 0.05) is 17.3 Å². The fraction of sp³-hybridized carbons (Fsp3) is 0.136. The molecule has 0 bridgehead atoms. The molecule has 0 radical (unpaired) electrons. The van der Waals surface area contributed by atoms with Crippen molar-refractivity contribution < 1.29 is 0 Å². The number of aromatic nitrogens is 3. The van der Waals surface area contributed by atoms with Gasteiger partial charge in [-0.25, -0.2) is 9.97 Å². The summed E-state index contributed by atoms with van der Waals surface area (Å²) in [6, 6.07) is 16.8. The van der Waals surface area contributed by atoms with E-state index in [1.165, 1.54) is 11.1 Å². The minimum atomic E-state index is 0.0853. The van der Waals surface area contributed by atoms with Gasteiger partial charge in [0.2, 0.25) is 0 Å². The van der Waals surface area contributed by atoms with Crippen molar-refractivity contribution in [3.05, 3.63) is 72.2 Å². The molecule has 1 aliphatic carbocycles. The summed E-state index contributed by atoms with van der Waals surface area (Å²) in [7, 11) is 0. The van der Waals surface area contributed by atoms with Crippen LogP contribution in [0.15, 0.2) is 61.1 Å². The molecule has 2 heterocycles. The average Bonchev–Trinajstić information content (AvgIpc) is 3.33. The molecule has 0 fully saturated rings. The van der Waals surface area contributed by atoms with Gasteiger partial charge in [0.15, 0.2) is 6.19 Å². The van der Waals surface area contributed by atoms with E-state index in [0.717, 1.165) is 46.3 Å². The highest BCUT2D eigenvalue weighted by Gasteiger charge is 2.23. The number of nitriles is 1. The zero-order chi connectivity index (χ0) is 18.2. The van der Waals surface area contributed by atoms with E-state index in [1.54, 1.807) is 6.33 Å². The van der Waals surface area contributed by atoms with Crippen molar-refractivity contribution in [2.75, 3.05) is 0 Å². The third-order valence-electron chi connectivity index (χ3n) is 5.29. The van der Waals surface area contributed by atoms with Gasteiger partial charge in [0.25, 0.3) is 0 Å². The molecule has 1 unspecified atom stereocenters. The summed E-state index contributed by atoms with van der Waals surface area (Å²) in [6.07, 6.45) is 7.62. The Hall–Kier alpha value is -3.65. The largest absolute Gasteiger partial charge is 0.345 e. The van der Waals surface area contributed by atoms with Crippen LogP contribution in [0, 0.1) is 11.5 Å². The zero-order valence-corrected chi connectivity index (χ0v) is 14.6. The summed E-state index contributed by atoms with van der Waals surface area (Å²) in [5.74, 6) is 0. The van der Waals surface area contributed by atoms with Gasteiger partial charge in [-0.1, -0.05) is 42.5 Å². The third-order valence-corrected chi connectivity index (χ3v) is 5.29. The van der Waals surface area contributed by atoms with Crippen LogP contribution in [-0.4, -0.2) is 15.0 Å². The molecule has 27 heavy (non-hydrogen) atoms. The standard InChI is InChI=1S/C22H17N5/c23-12-25-19-9-8-15-6-7-16(10-17(15)19)21-20-18(14-4-2-1-3-5-14)11-24-22(20)27-13-26-21/h1-7,10-11,13,19,25H,8-9H2,(H,24,26,27). The maximum Gasteiger partial charge on any atom is 0.177 e. The minimum absolute atomic E-state index is 0.0853. The Kier molecular flexibility index (Phi) is 3.61. The highest BCUT2D eigenvalue weighted by atomic mass is 14.9. The first-order chi connectivity index (χ1) is 13.3. The highest BCUT2D eigenvalue weighted by Crippen LogP contribution is 2.38. The number of nitrogens with one attached hydrogen (secondary N) is 2. The van der Waals surface area contributed by atoms with E-state index in [1.807, 2.05) is 24.4 Å². The van der Waals surface area contributed by atoms with Crippen LogP contribution in [-0.2, 0) is 6.42 Å². The SMILES string of the molecule is N#CNC1CCc2ccc(-c3ncnc4[nH]cc(-c5ccccc5)c34)cc21. The number of H-pyrrole nitrogens is 1. The van der Waals surface area contributed by atoms with Gasteiger partial charge in [0.1, 0.15) is 12.0 Å². The van der Waals surface area contributed by atoms with Crippen molar-refractivity contribution in [1.82, 2.24) is 20.3 Å². The topological polar surface area (TPSA) is 77.4 Å². The average molecular weight is 351 g/mol. The zero-order valence-electron chi connectivity index (χ0n) is 14.6. The maximum atomic E-state index is 9.03. The molecule has 0 aliphatic heterocycles. The molecule has 2 aromatic heterocycles. The molecule has 5 rings (SSSR count). The molecular formula is C22H17N5. The second kappa shape index (κ2) is 6.26. The molecule has 5 heteroatoms. The lowest BCUT2D eigenvalue weighted by molar-refractivity contribution is 0.625. The van der Waals surface area contributed by atoms with Crippen LogP contribution in [0.1, 0.15) is 23.6 Å². The molecule has 1 aliphatic rings. The monoisotopic (exact) mass is 351 g/mol. The van der Waals surface area contributed by atoms with Crippen molar-refractivity contribution in [3.63, 3.8) is 0 Å². The molecule has 130 valence electrons. The van der Waals surface area contributed by atoms with E-state index in [0.29, 0.717) is 0 Å². The van der Waals surface area contributed by atoms with E-state index in [2.05, 4.69) is 56.8 Å². The van der Waals surface area contributed by atoms with Crippen molar-refractivity contribution in [3.8, 4) is 28.6 Å². The van der Waals surface area contributed by atoms with E-state index in [4.69, 9.17) is 5.26 Å². The van der Waals surface area contributed by atoms with Crippen LogP contribution in [0.4, 0.5) is 0 Å². The minimum Gasteiger partial charge on any atom is -0.345 e. The number of hydrogen-bond acceptors (Lipinski definition) is 4. The van der Waals surface area contributed by atoms with Gasteiger partial charge in [-0.05, 0) is 35.6 Å². The van der Waals surface area contributed by atoms with E-state index in [9.17, 15) is 0 Å². The number of aryl methyl sites for hydroxylation is 1. The Bertz CT molecular complexity index is 1170. The lowest BCUT2D eigenvalue weighted by atomic mass is 9.98. The number of aromatic amines is 1. The molecule has 0 spiro atoms. The lowest BCUT2D eigenvalue weighted by Gasteiger charge is -2.11.